The van der Waals surface area contributed by atoms with Gasteiger partial charge in [0, 0.05) is 17.3 Å². The molecule has 0 aliphatic carbocycles. The first-order valence-electron chi connectivity index (χ1n) is 6.46. The largest absolute Gasteiger partial charge is 0.299 e. The maximum atomic E-state index is 12.0. The highest BCUT2D eigenvalue weighted by Crippen LogP contribution is 2.17. The quantitative estimate of drug-likeness (QED) is 0.793. The van der Waals surface area contributed by atoms with Crippen LogP contribution >= 0.6 is 15.9 Å². The summed E-state index contributed by atoms with van der Waals surface area (Å²) in [6.45, 7) is 2.08. The Bertz CT molecular complexity index is 575. The lowest BCUT2D eigenvalue weighted by atomic mass is 10.0. The average Bonchev–Trinajstić information content (AvgIpc) is 2.39. The number of halogens is 1. The molecule has 0 bridgehead atoms. The van der Waals surface area contributed by atoms with Crippen molar-refractivity contribution in [2.75, 3.05) is 0 Å². The number of hydrogen-bond acceptors (Lipinski definition) is 1. The zero-order valence-electron chi connectivity index (χ0n) is 11.0. The van der Waals surface area contributed by atoms with Crippen molar-refractivity contribution in [2.45, 2.75) is 26.2 Å². The molecule has 0 radical (unpaired) electrons. The first-order chi connectivity index (χ1) is 9.15. The predicted octanol–water partition coefficient (Wildman–Crippen LogP) is 4.50. The molecular weight excluding hydrogens is 300 g/mol. The van der Waals surface area contributed by atoms with Crippen molar-refractivity contribution in [1.82, 2.24) is 0 Å². The number of carbonyl (C=O) groups excluding carboxylic acids is 1. The van der Waals surface area contributed by atoms with Crippen LogP contribution in [0.15, 0.2) is 53.0 Å². The van der Waals surface area contributed by atoms with E-state index < -0.39 is 0 Å². The molecule has 0 saturated heterocycles. The summed E-state index contributed by atoms with van der Waals surface area (Å²) in [5, 5.41) is 0. The minimum absolute atomic E-state index is 0.286. The van der Waals surface area contributed by atoms with Crippen LogP contribution in [0.5, 0.6) is 0 Å². The van der Waals surface area contributed by atoms with Crippen LogP contribution in [0.4, 0.5) is 0 Å². The van der Waals surface area contributed by atoms with Crippen molar-refractivity contribution in [2.24, 2.45) is 0 Å². The predicted molar refractivity (Wildman–Crippen MR) is 82.4 cm³/mol. The molecule has 2 rings (SSSR count). The molecule has 98 valence electrons. The highest BCUT2D eigenvalue weighted by Gasteiger charge is 2.07. The van der Waals surface area contributed by atoms with Gasteiger partial charge in [-0.25, -0.2) is 0 Å². The molecule has 0 amide bonds. The van der Waals surface area contributed by atoms with Gasteiger partial charge in [-0.05, 0) is 30.5 Å². The minimum atomic E-state index is 0.286. The number of aryl methyl sites for hydroxylation is 2. The van der Waals surface area contributed by atoms with Gasteiger partial charge in [0.25, 0.3) is 0 Å². The molecule has 0 saturated carbocycles. The highest BCUT2D eigenvalue weighted by molar-refractivity contribution is 9.10. The van der Waals surface area contributed by atoms with Gasteiger partial charge in [-0.2, -0.15) is 0 Å². The Morgan fingerprint density at radius 1 is 1.11 bits per heavy atom. The Balaban J connectivity index is 1.90. The number of ketones is 1. The van der Waals surface area contributed by atoms with Crippen molar-refractivity contribution >= 4 is 21.7 Å². The second kappa shape index (κ2) is 6.67. The summed E-state index contributed by atoms with van der Waals surface area (Å²) in [6, 6.07) is 16.2. The van der Waals surface area contributed by atoms with E-state index >= 15 is 0 Å². The number of carbonyl (C=O) groups is 1. The fourth-order valence-electron chi connectivity index (χ4n) is 2.09. The van der Waals surface area contributed by atoms with Gasteiger partial charge in [-0.3, -0.25) is 4.79 Å². The molecule has 1 nitrogen and oxygen atoms in total. The lowest BCUT2D eigenvalue weighted by Crippen LogP contribution is -2.05. The SMILES string of the molecule is Cc1cccc(CCC(=O)Cc2ccccc2Br)c1. The summed E-state index contributed by atoms with van der Waals surface area (Å²) in [5.41, 5.74) is 3.55. The van der Waals surface area contributed by atoms with Gasteiger partial charge in [0.2, 0.25) is 0 Å². The lowest BCUT2D eigenvalue weighted by molar-refractivity contribution is -0.118. The van der Waals surface area contributed by atoms with E-state index in [2.05, 4.69) is 41.1 Å². The molecule has 0 atom stereocenters. The van der Waals surface area contributed by atoms with E-state index in [1.54, 1.807) is 0 Å². The zero-order chi connectivity index (χ0) is 13.7. The van der Waals surface area contributed by atoms with Gasteiger partial charge in [0.05, 0.1) is 0 Å². The second-order valence-corrected chi connectivity index (χ2v) is 5.65. The standard InChI is InChI=1S/C17H17BrO/c1-13-5-4-6-14(11-13)9-10-16(19)12-15-7-2-3-8-17(15)18/h2-8,11H,9-10,12H2,1H3. The van der Waals surface area contributed by atoms with E-state index in [1.165, 1.54) is 11.1 Å². The molecule has 0 aromatic heterocycles. The van der Waals surface area contributed by atoms with E-state index in [0.717, 1.165) is 16.5 Å². The monoisotopic (exact) mass is 316 g/mol. The van der Waals surface area contributed by atoms with Gasteiger partial charge < -0.3 is 0 Å². The van der Waals surface area contributed by atoms with Crippen LogP contribution < -0.4 is 0 Å². The normalized spacial score (nSPS) is 10.4. The van der Waals surface area contributed by atoms with Crippen LogP contribution in [-0.4, -0.2) is 5.78 Å². The fraction of sp³-hybridized carbons (Fsp3) is 0.235. The molecule has 0 unspecified atom stereocenters. The molecular formula is C17H17BrO. The Hall–Kier alpha value is -1.41. The molecule has 19 heavy (non-hydrogen) atoms. The van der Waals surface area contributed by atoms with Gasteiger partial charge in [0.1, 0.15) is 5.78 Å². The van der Waals surface area contributed by atoms with Crippen LogP contribution in [0.1, 0.15) is 23.1 Å². The first kappa shape index (κ1) is 14.0. The van der Waals surface area contributed by atoms with Crippen molar-refractivity contribution in [3.8, 4) is 0 Å². The molecule has 2 aromatic carbocycles. The van der Waals surface area contributed by atoms with Crippen LogP contribution in [0, 0.1) is 6.92 Å². The van der Waals surface area contributed by atoms with Crippen LogP contribution in [0.25, 0.3) is 0 Å². The minimum Gasteiger partial charge on any atom is -0.299 e. The third-order valence-electron chi connectivity index (χ3n) is 3.12. The summed E-state index contributed by atoms with van der Waals surface area (Å²) < 4.78 is 1.01. The van der Waals surface area contributed by atoms with Crippen LogP contribution in [-0.2, 0) is 17.6 Å². The van der Waals surface area contributed by atoms with Gasteiger partial charge in [-0.1, -0.05) is 64.0 Å². The molecule has 0 aliphatic rings. The zero-order valence-corrected chi connectivity index (χ0v) is 12.6. The molecule has 0 heterocycles. The Kier molecular flexibility index (Phi) is 4.92. The van der Waals surface area contributed by atoms with E-state index in [9.17, 15) is 4.79 Å². The lowest BCUT2D eigenvalue weighted by Gasteiger charge is -2.05. The number of Topliss-reactive ketones (excluding diaryl/α,β-unsaturated/α-hetero) is 1. The third kappa shape index (κ3) is 4.32. The fourth-order valence-corrected chi connectivity index (χ4v) is 2.52. The molecule has 0 fully saturated rings. The van der Waals surface area contributed by atoms with Gasteiger partial charge in [-0.15, -0.1) is 0 Å². The maximum absolute atomic E-state index is 12.0. The molecule has 2 heteroatoms. The highest BCUT2D eigenvalue weighted by atomic mass is 79.9. The van der Waals surface area contributed by atoms with Crippen LogP contribution in [0.2, 0.25) is 0 Å². The average molecular weight is 317 g/mol. The van der Waals surface area contributed by atoms with Crippen LogP contribution in [0.3, 0.4) is 0 Å². The van der Waals surface area contributed by atoms with Crippen molar-refractivity contribution < 1.29 is 4.79 Å². The topological polar surface area (TPSA) is 17.1 Å². The van der Waals surface area contributed by atoms with Gasteiger partial charge in [0.15, 0.2) is 0 Å². The summed E-state index contributed by atoms with van der Waals surface area (Å²) in [4.78, 5) is 12.0. The van der Waals surface area contributed by atoms with Gasteiger partial charge >= 0.3 is 0 Å². The Labute approximate surface area is 122 Å². The molecule has 0 N–H and O–H groups in total. The van der Waals surface area contributed by atoms with E-state index in [0.29, 0.717) is 12.8 Å². The summed E-state index contributed by atoms with van der Waals surface area (Å²) in [5.74, 6) is 0.286. The Morgan fingerprint density at radius 2 is 1.89 bits per heavy atom. The Morgan fingerprint density at radius 3 is 2.63 bits per heavy atom. The summed E-state index contributed by atoms with van der Waals surface area (Å²) >= 11 is 3.48. The third-order valence-corrected chi connectivity index (χ3v) is 3.89. The van der Waals surface area contributed by atoms with Crippen molar-refractivity contribution in [1.29, 1.82) is 0 Å². The van der Waals surface area contributed by atoms with Crippen molar-refractivity contribution in [3.05, 3.63) is 69.7 Å². The smallest absolute Gasteiger partial charge is 0.137 e. The number of hydrogen-bond donors (Lipinski definition) is 0. The second-order valence-electron chi connectivity index (χ2n) is 4.80. The number of benzene rings is 2. The summed E-state index contributed by atoms with van der Waals surface area (Å²) in [6.07, 6.45) is 1.93. The summed E-state index contributed by atoms with van der Waals surface area (Å²) in [7, 11) is 0. The van der Waals surface area contributed by atoms with E-state index in [1.807, 2.05) is 30.3 Å². The maximum Gasteiger partial charge on any atom is 0.137 e. The van der Waals surface area contributed by atoms with E-state index in [4.69, 9.17) is 0 Å². The molecule has 2 aromatic rings. The van der Waals surface area contributed by atoms with Crippen molar-refractivity contribution in [3.63, 3.8) is 0 Å². The molecule has 0 aliphatic heterocycles. The van der Waals surface area contributed by atoms with E-state index in [-0.39, 0.29) is 5.78 Å². The first-order valence-corrected chi connectivity index (χ1v) is 7.25. The number of rotatable bonds is 5. The molecule has 0 spiro atoms.